The second-order valence-electron chi connectivity index (χ2n) is 7.53. The summed E-state index contributed by atoms with van der Waals surface area (Å²) in [4.78, 5) is 25.8. The van der Waals surface area contributed by atoms with Gasteiger partial charge in [-0.15, -0.1) is 0 Å². The molecule has 0 spiro atoms. The molecule has 0 aliphatic rings. The van der Waals surface area contributed by atoms with E-state index in [1.165, 1.54) is 0 Å². The van der Waals surface area contributed by atoms with Gasteiger partial charge >= 0.3 is 0 Å². The van der Waals surface area contributed by atoms with Crippen LogP contribution in [-0.4, -0.2) is 11.8 Å². The molecule has 0 aliphatic carbocycles. The number of carbonyl (C=O) groups excluding carboxylic acids is 2. The van der Waals surface area contributed by atoms with Crippen LogP contribution in [0, 0.1) is 0 Å². The number of rotatable bonds is 8. The number of amides is 2. The predicted molar refractivity (Wildman–Crippen MR) is 133 cm³/mol. The first-order chi connectivity index (χ1) is 16.7. The quantitative estimate of drug-likeness (QED) is 0.347. The molecule has 2 N–H and O–H groups in total. The topological polar surface area (TPSA) is 67.4 Å². The van der Waals surface area contributed by atoms with Crippen LogP contribution in [0.15, 0.2) is 121 Å². The molecule has 0 saturated heterocycles. The van der Waals surface area contributed by atoms with Crippen molar-refractivity contribution in [3.05, 3.63) is 138 Å². The number of carbonyl (C=O) groups is 2. The van der Waals surface area contributed by atoms with E-state index in [-0.39, 0.29) is 17.5 Å². The van der Waals surface area contributed by atoms with Crippen LogP contribution >= 0.6 is 0 Å². The highest BCUT2D eigenvalue weighted by atomic mass is 16.5. The molecule has 5 nitrogen and oxygen atoms in total. The van der Waals surface area contributed by atoms with E-state index in [4.69, 9.17) is 4.74 Å². The van der Waals surface area contributed by atoms with E-state index in [2.05, 4.69) is 10.6 Å². The van der Waals surface area contributed by atoms with E-state index < -0.39 is 0 Å². The molecule has 34 heavy (non-hydrogen) atoms. The second-order valence-corrected chi connectivity index (χ2v) is 7.53. The normalized spacial score (nSPS) is 10.9. The maximum atomic E-state index is 13.0. The molecule has 4 aromatic carbocycles. The number of ether oxygens (including phenoxy) is 1. The Morgan fingerprint density at radius 1 is 0.706 bits per heavy atom. The zero-order valence-electron chi connectivity index (χ0n) is 18.5. The summed E-state index contributed by atoms with van der Waals surface area (Å²) in [6.45, 7) is 0.343. The molecule has 168 valence electrons. The van der Waals surface area contributed by atoms with Gasteiger partial charge in [0.25, 0.3) is 11.8 Å². The fourth-order valence-electron chi connectivity index (χ4n) is 3.27. The highest BCUT2D eigenvalue weighted by molar-refractivity contribution is 6.05. The lowest BCUT2D eigenvalue weighted by atomic mass is 10.1. The lowest BCUT2D eigenvalue weighted by Crippen LogP contribution is -2.34. The maximum Gasteiger partial charge on any atom is 0.268 e. The number of para-hydroxylation sites is 1. The second kappa shape index (κ2) is 11.3. The van der Waals surface area contributed by atoms with Crippen molar-refractivity contribution in [1.82, 2.24) is 10.6 Å². The van der Waals surface area contributed by atoms with Crippen molar-refractivity contribution in [3.8, 4) is 11.5 Å². The minimum atomic E-state index is -0.387. The minimum Gasteiger partial charge on any atom is -0.457 e. The summed E-state index contributed by atoms with van der Waals surface area (Å²) in [5.74, 6) is 0.584. The van der Waals surface area contributed by atoms with Crippen LogP contribution in [0.2, 0.25) is 0 Å². The molecule has 0 heterocycles. The van der Waals surface area contributed by atoms with Crippen LogP contribution in [0.3, 0.4) is 0 Å². The minimum absolute atomic E-state index is 0.140. The van der Waals surface area contributed by atoms with Crippen molar-refractivity contribution < 1.29 is 14.3 Å². The van der Waals surface area contributed by atoms with Crippen molar-refractivity contribution in [2.24, 2.45) is 0 Å². The highest BCUT2D eigenvalue weighted by Crippen LogP contribution is 2.22. The smallest absolute Gasteiger partial charge is 0.268 e. The van der Waals surface area contributed by atoms with Gasteiger partial charge in [0, 0.05) is 12.1 Å². The Kier molecular flexibility index (Phi) is 7.49. The third-order valence-corrected chi connectivity index (χ3v) is 4.97. The summed E-state index contributed by atoms with van der Waals surface area (Å²) in [7, 11) is 0. The SMILES string of the molecule is O=C(NCc1ccccc1)/C(=C\c1cccc(Oc2ccccc2)c1)NC(=O)c1ccccc1. The molecule has 0 aromatic heterocycles. The maximum absolute atomic E-state index is 13.0. The molecular weight excluding hydrogens is 424 g/mol. The zero-order valence-corrected chi connectivity index (χ0v) is 18.5. The number of nitrogens with one attached hydrogen (secondary N) is 2. The molecule has 4 rings (SSSR count). The number of benzene rings is 4. The molecule has 0 fully saturated rings. The first-order valence-electron chi connectivity index (χ1n) is 10.9. The van der Waals surface area contributed by atoms with Crippen LogP contribution in [0.1, 0.15) is 21.5 Å². The largest absolute Gasteiger partial charge is 0.457 e. The van der Waals surface area contributed by atoms with Crippen LogP contribution in [0.25, 0.3) is 6.08 Å². The molecule has 0 bridgehead atoms. The van der Waals surface area contributed by atoms with E-state index >= 15 is 0 Å². The third-order valence-electron chi connectivity index (χ3n) is 4.97. The van der Waals surface area contributed by atoms with Crippen molar-refractivity contribution in [2.45, 2.75) is 6.54 Å². The van der Waals surface area contributed by atoms with Gasteiger partial charge in [0.2, 0.25) is 0 Å². The summed E-state index contributed by atoms with van der Waals surface area (Å²) in [6.07, 6.45) is 1.64. The van der Waals surface area contributed by atoms with Gasteiger partial charge in [0.05, 0.1) is 0 Å². The monoisotopic (exact) mass is 448 g/mol. The molecule has 0 saturated carbocycles. The Balaban J connectivity index is 1.56. The summed E-state index contributed by atoms with van der Waals surface area (Å²) in [5.41, 5.74) is 2.28. The van der Waals surface area contributed by atoms with E-state index in [1.807, 2.05) is 91.0 Å². The summed E-state index contributed by atoms with van der Waals surface area (Å²) in [5, 5.41) is 5.63. The van der Waals surface area contributed by atoms with Crippen LogP contribution < -0.4 is 15.4 Å². The predicted octanol–water partition coefficient (Wildman–Crippen LogP) is 5.57. The highest BCUT2D eigenvalue weighted by Gasteiger charge is 2.15. The first kappa shape index (κ1) is 22.6. The van der Waals surface area contributed by atoms with Gasteiger partial charge in [0.1, 0.15) is 17.2 Å². The van der Waals surface area contributed by atoms with Gasteiger partial charge in [-0.3, -0.25) is 9.59 Å². The van der Waals surface area contributed by atoms with E-state index in [0.29, 0.717) is 29.2 Å². The number of hydrogen-bond donors (Lipinski definition) is 2. The molecule has 0 atom stereocenters. The lowest BCUT2D eigenvalue weighted by molar-refractivity contribution is -0.117. The van der Waals surface area contributed by atoms with E-state index in [9.17, 15) is 9.59 Å². The van der Waals surface area contributed by atoms with Gasteiger partial charge in [-0.1, -0.05) is 78.9 Å². The van der Waals surface area contributed by atoms with Gasteiger partial charge in [-0.2, -0.15) is 0 Å². The fraction of sp³-hybridized carbons (Fsp3) is 0.0345. The van der Waals surface area contributed by atoms with Gasteiger partial charge in [0.15, 0.2) is 0 Å². The van der Waals surface area contributed by atoms with Gasteiger partial charge in [-0.25, -0.2) is 0 Å². The van der Waals surface area contributed by atoms with Crippen LogP contribution in [0.4, 0.5) is 0 Å². The van der Waals surface area contributed by atoms with Gasteiger partial charge < -0.3 is 15.4 Å². The molecule has 0 radical (unpaired) electrons. The Hall–Kier alpha value is -4.64. The summed E-state index contributed by atoms with van der Waals surface area (Å²) < 4.78 is 5.90. The molecule has 4 aromatic rings. The molecule has 2 amide bonds. The Labute approximate surface area is 198 Å². The fourth-order valence-corrected chi connectivity index (χ4v) is 3.27. The Morgan fingerprint density at radius 3 is 2.03 bits per heavy atom. The Morgan fingerprint density at radius 2 is 1.32 bits per heavy atom. The summed E-state index contributed by atoms with van der Waals surface area (Å²) in [6, 6.07) is 35.1. The van der Waals surface area contributed by atoms with Crippen LogP contribution in [-0.2, 0) is 11.3 Å². The standard InChI is InChI=1S/C29H24N2O3/c32-28(24-14-6-2-7-15-24)31-27(29(33)30-21-22-11-4-1-5-12-22)20-23-13-10-18-26(19-23)34-25-16-8-3-9-17-25/h1-20H,21H2,(H,30,33)(H,31,32)/b27-20+. The van der Waals surface area contributed by atoms with Crippen molar-refractivity contribution >= 4 is 17.9 Å². The Bertz CT molecular complexity index is 1270. The van der Waals surface area contributed by atoms with E-state index in [1.54, 1.807) is 30.3 Å². The lowest BCUT2D eigenvalue weighted by Gasteiger charge is -2.12. The molecule has 0 unspecified atom stereocenters. The van der Waals surface area contributed by atoms with Crippen molar-refractivity contribution in [2.75, 3.05) is 0 Å². The molecule has 5 heteroatoms. The molecule has 0 aliphatic heterocycles. The summed E-state index contributed by atoms with van der Waals surface area (Å²) >= 11 is 0. The molecular formula is C29H24N2O3. The number of hydrogen-bond acceptors (Lipinski definition) is 3. The average Bonchev–Trinajstić information content (AvgIpc) is 2.89. The average molecular weight is 449 g/mol. The van der Waals surface area contributed by atoms with E-state index in [0.717, 1.165) is 5.56 Å². The van der Waals surface area contributed by atoms with Crippen molar-refractivity contribution in [1.29, 1.82) is 0 Å². The van der Waals surface area contributed by atoms with Crippen LogP contribution in [0.5, 0.6) is 11.5 Å². The third kappa shape index (κ3) is 6.43. The zero-order chi connectivity index (χ0) is 23.6. The first-order valence-corrected chi connectivity index (χ1v) is 10.9. The van der Waals surface area contributed by atoms with Crippen molar-refractivity contribution in [3.63, 3.8) is 0 Å². The van der Waals surface area contributed by atoms with Gasteiger partial charge in [-0.05, 0) is 53.6 Å².